The maximum absolute atomic E-state index is 12.4. The summed E-state index contributed by atoms with van der Waals surface area (Å²) < 4.78 is 5.39. The average Bonchev–Trinajstić information content (AvgIpc) is 2.68. The van der Waals surface area contributed by atoms with E-state index in [-0.39, 0.29) is 5.91 Å². The van der Waals surface area contributed by atoms with Crippen molar-refractivity contribution in [2.24, 2.45) is 5.92 Å². The molecule has 1 amide bonds. The fourth-order valence-corrected chi connectivity index (χ4v) is 3.12. The van der Waals surface area contributed by atoms with Gasteiger partial charge in [0, 0.05) is 37.9 Å². The van der Waals surface area contributed by atoms with E-state index in [9.17, 15) is 4.79 Å². The van der Waals surface area contributed by atoms with Gasteiger partial charge in [0.1, 0.15) is 0 Å². The number of amides is 1. The Morgan fingerprint density at radius 2 is 1.80 bits per heavy atom. The molecule has 0 radical (unpaired) electrons. The van der Waals surface area contributed by atoms with Crippen molar-refractivity contribution in [3.63, 3.8) is 0 Å². The molecule has 1 aliphatic rings. The summed E-state index contributed by atoms with van der Waals surface area (Å²) in [6.07, 6.45) is 5.86. The first-order valence-corrected chi connectivity index (χ1v) is 9.57. The minimum Gasteiger partial charge on any atom is -0.378 e. The lowest BCUT2D eigenvalue weighted by atomic mass is 10.0. The van der Waals surface area contributed by atoms with Gasteiger partial charge in [-0.05, 0) is 36.6 Å². The van der Waals surface area contributed by atoms with Crippen LogP contribution in [0.15, 0.2) is 30.3 Å². The first kappa shape index (κ1) is 19.5. The highest BCUT2D eigenvalue weighted by molar-refractivity contribution is 5.91. The van der Waals surface area contributed by atoms with Crippen LogP contribution in [0, 0.1) is 5.92 Å². The molecular weight excluding hydrogens is 312 g/mol. The van der Waals surface area contributed by atoms with Crippen molar-refractivity contribution in [1.82, 2.24) is 4.90 Å². The zero-order chi connectivity index (χ0) is 18.1. The van der Waals surface area contributed by atoms with Crippen molar-refractivity contribution in [2.75, 3.05) is 44.3 Å². The van der Waals surface area contributed by atoms with Gasteiger partial charge in [0.05, 0.1) is 13.2 Å². The van der Waals surface area contributed by atoms with Crippen LogP contribution in [0.1, 0.15) is 39.2 Å². The summed E-state index contributed by atoms with van der Waals surface area (Å²) in [5.41, 5.74) is 2.28. The number of benzene rings is 1. The molecule has 1 saturated heterocycles. The van der Waals surface area contributed by atoms with Crippen LogP contribution in [-0.2, 0) is 9.53 Å². The Morgan fingerprint density at radius 1 is 1.16 bits per heavy atom. The van der Waals surface area contributed by atoms with Gasteiger partial charge >= 0.3 is 0 Å². The number of morpholine rings is 1. The highest BCUT2D eigenvalue weighted by atomic mass is 16.5. The monoisotopic (exact) mass is 344 g/mol. The number of likely N-dealkylation sites (N-methyl/N-ethyl adjacent to an activating group) is 1. The van der Waals surface area contributed by atoms with Crippen molar-refractivity contribution >= 4 is 17.7 Å². The molecule has 4 nitrogen and oxygen atoms in total. The summed E-state index contributed by atoms with van der Waals surface area (Å²) in [7, 11) is 0. The second kappa shape index (κ2) is 10.2. The van der Waals surface area contributed by atoms with E-state index in [0.29, 0.717) is 5.92 Å². The predicted molar refractivity (Wildman–Crippen MR) is 105 cm³/mol. The van der Waals surface area contributed by atoms with Gasteiger partial charge in [-0.3, -0.25) is 4.79 Å². The molecule has 1 aliphatic heterocycles. The van der Waals surface area contributed by atoms with Crippen LogP contribution in [-0.4, -0.2) is 50.2 Å². The number of hydrogen-bond donors (Lipinski definition) is 0. The Morgan fingerprint density at radius 3 is 2.36 bits per heavy atom. The van der Waals surface area contributed by atoms with Crippen LogP contribution in [0.3, 0.4) is 0 Å². The van der Waals surface area contributed by atoms with Crippen LogP contribution in [0.5, 0.6) is 0 Å². The lowest BCUT2D eigenvalue weighted by molar-refractivity contribution is -0.126. The van der Waals surface area contributed by atoms with Gasteiger partial charge in [0.15, 0.2) is 0 Å². The Bertz CT molecular complexity index is 544. The lowest BCUT2D eigenvalue weighted by Crippen LogP contribution is -2.36. The maximum atomic E-state index is 12.4. The molecule has 1 aromatic carbocycles. The summed E-state index contributed by atoms with van der Waals surface area (Å²) in [5, 5.41) is 0. The van der Waals surface area contributed by atoms with E-state index >= 15 is 0 Å². The third kappa shape index (κ3) is 5.89. The van der Waals surface area contributed by atoms with E-state index in [4.69, 9.17) is 4.74 Å². The summed E-state index contributed by atoms with van der Waals surface area (Å²) in [5.74, 6) is 0.691. The van der Waals surface area contributed by atoms with E-state index in [0.717, 1.165) is 57.8 Å². The molecular formula is C21H32N2O2. The molecule has 1 aromatic rings. The second-order valence-electron chi connectivity index (χ2n) is 6.58. The number of rotatable bonds is 8. The van der Waals surface area contributed by atoms with Crippen LogP contribution >= 0.6 is 0 Å². The highest BCUT2D eigenvalue weighted by Gasteiger charge is 2.13. The van der Waals surface area contributed by atoms with Crippen molar-refractivity contribution in [3.05, 3.63) is 35.9 Å². The molecule has 4 heteroatoms. The molecule has 0 saturated carbocycles. The van der Waals surface area contributed by atoms with Crippen LogP contribution in [0.2, 0.25) is 0 Å². The molecule has 0 unspecified atom stereocenters. The number of nitrogens with zero attached hydrogens (tertiary/aromatic N) is 2. The topological polar surface area (TPSA) is 32.8 Å². The Kier molecular flexibility index (Phi) is 7.99. The SMILES string of the molecule is CCC(CC)CN(CC)C(=O)/C=C/c1ccc(N2CCOCC2)cc1. The zero-order valence-electron chi connectivity index (χ0n) is 15.9. The Balaban J connectivity index is 1.94. The molecule has 0 bridgehead atoms. The van der Waals surface area contributed by atoms with Gasteiger partial charge in [-0.2, -0.15) is 0 Å². The van der Waals surface area contributed by atoms with Crippen molar-refractivity contribution in [1.29, 1.82) is 0 Å². The van der Waals surface area contributed by atoms with E-state index in [2.05, 4.69) is 43.0 Å². The number of anilines is 1. The van der Waals surface area contributed by atoms with Gasteiger partial charge < -0.3 is 14.5 Å². The van der Waals surface area contributed by atoms with Crippen molar-refractivity contribution < 1.29 is 9.53 Å². The van der Waals surface area contributed by atoms with E-state index in [1.165, 1.54) is 5.69 Å². The minimum absolute atomic E-state index is 0.103. The van der Waals surface area contributed by atoms with Crippen LogP contribution in [0.4, 0.5) is 5.69 Å². The molecule has 0 aliphatic carbocycles. The third-order valence-corrected chi connectivity index (χ3v) is 5.01. The Labute approximate surface area is 152 Å². The summed E-state index contributed by atoms with van der Waals surface area (Å²) in [6, 6.07) is 8.39. The van der Waals surface area contributed by atoms with Crippen LogP contribution < -0.4 is 4.90 Å². The number of carbonyl (C=O) groups excluding carboxylic acids is 1. The van der Waals surface area contributed by atoms with Crippen molar-refractivity contribution in [3.8, 4) is 0 Å². The van der Waals surface area contributed by atoms with E-state index < -0.39 is 0 Å². The number of ether oxygens (including phenoxy) is 1. The van der Waals surface area contributed by atoms with E-state index in [1.54, 1.807) is 6.08 Å². The van der Waals surface area contributed by atoms with Gasteiger partial charge in [-0.15, -0.1) is 0 Å². The summed E-state index contributed by atoms with van der Waals surface area (Å²) in [6.45, 7) is 11.5. The lowest BCUT2D eigenvalue weighted by Gasteiger charge is -2.28. The Hall–Kier alpha value is -1.81. The molecule has 2 rings (SSSR count). The molecule has 0 N–H and O–H groups in total. The average molecular weight is 344 g/mol. The fraction of sp³-hybridized carbons (Fsp3) is 0.571. The first-order chi connectivity index (χ1) is 12.2. The molecule has 138 valence electrons. The second-order valence-corrected chi connectivity index (χ2v) is 6.58. The third-order valence-electron chi connectivity index (χ3n) is 5.01. The normalized spacial score (nSPS) is 15.1. The predicted octanol–water partition coefficient (Wildman–Crippen LogP) is 3.82. The smallest absolute Gasteiger partial charge is 0.246 e. The standard InChI is InChI=1S/C21H32N2O2/c1-4-18(5-2)17-22(6-3)21(24)12-9-19-7-10-20(11-8-19)23-13-15-25-16-14-23/h7-12,18H,4-6,13-17H2,1-3H3/b12-9+. The minimum atomic E-state index is 0.103. The molecule has 1 fully saturated rings. The van der Waals surface area contributed by atoms with Gasteiger partial charge in [0.25, 0.3) is 0 Å². The van der Waals surface area contributed by atoms with Crippen LogP contribution in [0.25, 0.3) is 6.08 Å². The maximum Gasteiger partial charge on any atom is 0.246 e. The quantitative estimate of drug-likeness (QED) is 0.672. The molecule has 25 heavy (non-hydrogen) atoms. The number of hydrogen-bond acceptors (Lipinski definition) is 3. The first-order valence-electron chi connectivity index (χ1n) is 9.57. The van der Waals surface area contributed by atoms with Gasteiger partial charge in [0.2, 0.25) is 5.91 Å². The molecule has 1 heterocycles. The van der Waals surface area contributed by atoms with Gasteiger partial charge in [-0.25, -0.2) is 0 Å². The number of carbonyl (C=O) groups is 1. The summed E-state index contributed by atoms with van der Waals surface area (Å²) in [4.78, 5) is 16.7. The highest BCUT2D eigenvalue weighted by Crippen LogP contribution is 2.17. The van der Waals surface area contributed by atoms with Gasteiger partial charge in [-0.1, -0.05) is 38.8 Å². The largest absolute Gasteiger partial charge is 0.378 e. The summed E-state index contributed by atoms with van der Waals surface area (Å²) >= 11 is 0. The van der Waals surface area contributed by atoms with Crippen molar-refractivity contribution in [2.45, 2.75) is 33.6 Å². The van der Waals surface area contributed by atoms with E-state index in [1.807, 2.05) is 17.9 Å². The molecule has 0 aromatic heterocycles. The zero-order valence-corrected chi connectivity index (χ0v) is 15.9. The fourth-order valence-electron chi connectivity index (χ4n) is 3.12. The molecule has 0 spiro atoms. The molecule has 0 atom stereocenters.